The largest absolute Gasteiger partial charge is 0.411 e. The first-order chi connectivity index (χ1) is 7.53. The summed E-state index contributed by atoms with van der Waals surface area (Å²) in [5, 5.41) is 3.27. The van der Waals surface area contributed by atoms with Gasteiger partial charge in [0.05, 0.1) is 6.61 Å². The number of piperazine rings is 1. The number of nitrogens with zero attached hydrogens (tertiary/aromatic N) is 1. The number of hydrogen-bond donors (Lipinski definition) is 1. The average molecular weight is 240 g/mol. The number of nitrogens with one attached hydrogen (secondary N) is 1. The molecule has 96 valence electrons. The molecule has 6 heteroatoms. The second-order valence-electron chi connectivity index (χ2n) is 3.97. The normalized spacial score (nSPS) is 23.6. The van der Waals surface area contributed by atoms with Gasteiger partial charge in [-0.25, -0.2) is 0 Å². The van der Waals surface area contributed by atoms with Gasteiger partial charge in [0.2, 0.25) is 0 Å². The quantitative estimate of drug-likeness (QED) is 0.732. The SMILES string of the molecule is CCC1CNCCN1CCOCC(F)(F)F. The van der Waals surface area contributed by atoms with Gasteiger partial charge in [0.25, 0.3) is 0 Å². The Kier molecular flexibility index (Phi) is 5.51. The Hall–Kier alpha value is -0.330. The van der Waals surface area contributed by atoms with E-state index >= 15 is 0 Å². The highest BCUT2D eigenvalue weighted by atomic mass is 19.4. The molecule has 0 amide bonds. The van der Waals surface area contributed by atoms with Crippen molar-refractivity contribution in [3.05, 3.63) is 0 Å². The Morgan fingerprint density at radius 1 is 1.44 bits per heavy atom. The summed E-state index contributed by atoms with van der Waals surface area (Å²) in [6.07, 6.45) is -3.21. The van der Waals surface area contributed by atoms with Crippen molar-refractivity contribution >= 4 is 0 Å². The van der Waals surface area contributed by atoms with Gasteiger partial charge < -0.3 is 10.1 Å². The van der Waals surface area contributed by atoms with Crippen LogP contribution in [0.4, 0.5) is 13.2 Å². The van der Waals surface area contributed by atoms with E-state index in [0.717, 1.165) is 26.1 Å². The molecule has 0 aromatic carbocycles. The van der Waals surface area contributed by atoms with Crippen LogP contribution in [0.2, 0.25) is 0 Å². The van der Waals surface area contributed by atoms with E-state index in [1.165, 1.54) is 0 Å². The van der Waals surface area contributed by atoms with Crippen molar-refractivity contribution in [2.24, 2.45) is 0 Å². The average Bonchev–Trinajstić information content (AvgIpc) is 2.23. The van der Waals surface area contributed by atoms with Crippen LogP contribution in [0, 0.1) is 0 Å². The number of halogens is 3. The maximum absolute atomic E-state index is 11.8. The number of rotatable bonds is 5. The molecule has 0 spiro atoms. The third-order valence-electron chi connectivity index (χ3n) is 2.73. The summed E-state index contributed by atoms with van der Waals surface area (Å²) >= 11 is 0. The Morgan fingerprint density at radius 2 is 2.19 bits per heavy atom. The lowest BCUT2D eigenvalue weighted by molar-refractivity contribution is -0.175. The van der Waals surface area contributed by atoms with E-state index in [2.05, 4.69) is 21.9 Å². The molecule has 1 saturated heterocycles. The van der Waals surface area contributed by atoms with Crippen LogP contribution in [-0.4, -0.2) is 56.5 Å². The standard InChI is InChI=1S/C10H19F3N2O/c1-2-9-7-14-3-4-15(9)5-6-16-8-10(11,12)13/h9,14H,2-8H2,1H3. The van der Waals surface area contributed by atoms with Crippen molar-refractivity contribution in [1.82, 2.24) is 10.2 Å². The van der Waals surface area contributed by atoms with E-state index < -0.39 is 12.8 Å². The Balaban J connectivity index is 2.15. The summed E-state index contributed by atoms with van der Waals surface area (Å²) in [5.74, 6) is 0. The fraction of sp³-hybridized carbons (Fsp3) is 1.00. The minimum Gasteiger partial charge on any atom is -0.371 e. The molecule has 3 nitrogen and oxygen atoms in total. The summed E-state index contributed by atoms with van der Waals surface area (Å²) in [4.78, 5) is 2.19. The highest BCUT2D eigenvalue weighted by molar-refractivity contribution is 4.78. The van der Waals surface area contributed by atoms with Gasteiger partial charge in [-0.2, -0.15) is 13.2 Å². The van der Waals surface area contributed by atoms with Crippen molar-refractivity contribution in [2.75, 3.05) is 39.4 Å². The minimum atomic E-state index is -4.21. The molecule has 0 aromatic heterocycles. The van der Waals surface area contributed by atoms with Crippen molar-refractivity contribution in [1.29, 1.82) is 0 Å². The molecule has 1 rings (SSSR count). The molecule has 1 unspecified atom stereocenters. The van der Waals surface area contributed by atoms with Crippen molar-refractivity contribution in [3.8, 4) is 0 Å². The molecule has 1 atom stereocenters. The molecule has 1 aliphatic rings. The Bertz CT molecular complexity index is 199. The van der Waals surface area contributed by atoms with Crippen LogP contribution in [-0.2, 0) is 4.74 Å². The summed E-state index contributed by atoms with van der Waals surface area (Å²) in [7, 11) is 0. The highest BCUT2D eigenvalue weighted by Crippen LogP contribution is 2.14. The molecule has 0 saturated carbocycles. The lowest BCUT2D eigenvalue weighted by atomic mass is 10.1. The fourth-order valence-corrected chi connectivity index (χ4v) is 1.87. The van der Waals surface area contributed by atoms with Crippen LogP contribution < -0.4 is 5.32 Å². The lowest BCUT2D eigenvalue weighted by Gasteiger charge is -2.35. The maximum atomic E-state index is 11.8. The zero-order valence-corrected chi connectivity index (χ0v) is 9.52. The highest BCUT2D eigenvalue weighted by Gasteiger charge is 2.27. The molecule has 1 aliphatic heterocycles. The zero-order chi connectivity index (χ0) is 12.0. The smallest absolute Gasteiger partial charge is 0.371 e. The molecule has 0 bridgehead atoms. The summed E-state index contributed by atoms with van der Waals surface area (Å²) < 4.78 is 40.1. The van der Waals surface area contributed by atoms with Gasteiger partial charge in [0.15, 0.2) is 0 Å². The fourth-order valence-electron chi connectivity index (χ4n) is 1.87. The summed E-state index contributed by atoms with van der Waals surface area (Å²) in [6.45, 7) is 4.36. The first-order valence-corrected chi connectivity index (χ1v) is 5.62. The van der Waals surface area contributed by atoms with Gasteiger partial charge in [-0.1, -0.05) is 6.92 Å². The van der Waals surface area contributed by atoms with Crippen LogP contribution in [0.1, 0.15) is 13.3 Å². The number of ether oxygens (including phenoxy) is 1. The minimum absolute atomic E-state index is 0.149. The van der Waals surface area contributed by atoms with Gasteiger partial charge in [0, 0.05) is 32.2 Å². The van der Waals surface area contributed by atoms with E-state index in [1.807, 2.05) is 0 Å². The first kappa shape index (κ1) is 13.7. The van der Waals surface area contributed by atoms with Crippen LogP contribution in [0.15, 0.2) is 0 Å². The molecule has 0 aliphatic carbocycles. The topological polar surface area (TPSA) is 24.5 Å². The molecular formula is C10H19F3N2O. The molecule has 1 fully saturated rings. The van der Waals surface area contributed by atoms with Crippen LogP contribution in [0.25, 0.3) is 0 Å². The van der Waals surface area contributed by atoms with Crippen molar-refractivity contribution < 1.29 is 17.9 Å². The molecule has 1 N–H and O–H groups in total. The van der Waals surface area contributed by atoms with Gasteiger partial charge in [0.1, 0.15) is 6.61 Å². The second kappa shape index (κ2) is 6.42. The van der Waals surface area contributed by atoms with Gasteiger partial charge in [-0.3, -0.25) is 4.90 Å². The monoisotopic (exact) mass is 240 g/mol. The summed E-state index contributed by atoms with van der Waals surface area (Å²) in [5.41, 5.74) is 0. The van der Waals surface area contributed by atoms with Crippen molar-refractivity contribution in [2.45, 2.75) is 25.6 Å². The van der Waals surface area contributed by atoms with E-state index in [-0.39, 0.29) is 6.61 Å². The van der Waals surface area contributed by atoms with E-state index in [4.69, 9.17) is 0 Å². The van der Waals surface area contributed by atoms with E-state index in [1.54, 1.807) is 0 Å². The van der Waals surface area contributed by atoms with Crippen LogP contribution in [0.3, 0.4) is 0 Å². The molecule has 0 aromatic rings. The first-order valence-electron chi connectivity index (χ1n) is 5.62. The number of alkyl halides is 3. The zero-order valence-electron chi connectivity index (χ0n) is 9.52. The van der Waals surface area contributed by atoms with E-state index in [9.17, 15) is 13.2 Å². The molecule has 1 heterocycles. The Morgan fingerprint density at radius 3 is 2.81 bits per heavy atom. The van der Waals surface area contributed by atoms with Gasteiger partial charge in [-0.15, -0.1) is 0 Å². The van der Waals surface area contributed by atoms with Crippen molar-refractivity contribution in [3.63, 3.8) is 0 Å². The molecular weight excluding hydrogens is 221 g/mol. The predicted octanol–water partition coefficient (Wildman–Crippen LogP) is 1.25. The van der Waals surface area contributed by atoms with Gasteiger partial charge in [-0.05, 0) is 6.42 Å². The third kappa shape index (κ3) is 5.14. The molecule has 0 radical (unpaired) electrons. The van der Waals surface area contributed by atoms with E-state index in [0.29, 0.717) is 12.6 Å². The van der Waals surface area contributed by atoms with Gasteiger partial charge >= 0.3 is 6.18 Å². The summed E-state index contributed by atoms with van der Waals surface area (Å²) in [6, 6.07) is 0.420. The molecule has 16 heavy (non-hydrogen) atoms. The maximum Gasteiger partial charge on any atom is 0.411 e. The Labute approximate surface area is 93.9 Å². The predicted molar refractivity (Wildman–Crippen MR) is 55.4 cm³/mol. The third-order valence-corrected chi connectivity index (χ3v) is 2.73. The second-order valence-corrected chi connectivity index (χ2v) is 3.97. The van der Waals surface area contributed by atoms with Crippen LogP contribution >= 0.6 is 0 Å². The lowest BCUT2D eigenvalue weighted by Crippen LogP contribution is -2.51. The number of hydrogen-bond acceptors (Lipinski definition) is 3. The van der Waals surface area contributed by atoms with Crippen LogP contribution in [0.5, 0.6) is 0 Å².